The third kappa shape index (κ3) is 3.60. The summed E-state index contributed by atoms with van der Waals surface area (Å²) in [5.74, 6) is 5.55. The number of sulfone groups is 1. The van der Waals surface area contributed by atoms with E-state index in [0.29, 0.717) is 17.7 Å². The molecule has 7 heteroatoms. The zero-order chi connectivity index (χ0) is 14.6. The van der Waals surface area contributed by atoms with Crippen LogP contribution in [0.1, 0.15) is 27.4 Å². The molecule has 0 radical (unpaired) electrons. The maximum atomic E-state index is 11.9. The van der Waals surface area contributed by atoms with Crippen LogP contribution in [0.4, 0.5) is 0 Å². The molecule has 0 aliphatic carbocycles. The van der Waals surface area contributed by atoms with Crippen LogP contribution in [-0.4, -0.2) is 38.4 Å². The number of rotatable bonds is 3. The fourth-order valence-electron chi connectivity index (χ4n) is 2.05. The Hall–Kier alpha value is -1.36. The van der Waals surface area contributed by atoms with Crippen molar-refractivity contribution in [3.63, 3.8) is 0 Å². The molecule has 0 saturated carbocycles. The van der Waals surface area contributed by atoms with Gasteiger partial charge in [0, 0.05) is 6.54 Å². The zero-order valence-corrected chi connectivity index (χ0v) is 12.5. The lowest BCUT2D eigenvalue weighted by atomic mass is 10.2. The average Bonchev–Trinajstić information content (AvgIpc) is 3.00. The Morgan fingerprint density at radius 3 is 2.95 bits per heavy atom. The molecule has 1 saturated heterocycles. The van der Waals surface area contributed by atoms with E-state index in [0.717, 1.165) is 4.88 Å². The predicted octanol–water partition coefficient (Wildman–Crippen LogP) is 0.365. The predicted molar refractivity (Wildman–Crippen MR) is 79.4 cm³/mol. The van der Waals surface area contributed by atoms with E-state index in [2.05, 4.69) is 17.2 Å². The van der Waals surface area contributed by atoms with Gasteiger partial charge in [0.2, 0.25) is 0 Å². The van der Waals surface area contributed by atoms with E-state index in [4.69, 9.17) is 5.73 Å². The third-order valence-corrected chi connectivity index (χ3v) is 6.37. The normalized spacial score (nSPS) is 20.1. The Kier molecular flexibility index (Phi) is 4.81. The summed E-state index contributed by atoms with van der Waals surface area (Å²) in [6, 6.07) is 3.44. The van der Waals surface area contributed by atoms with Gasteiger partial charge >= 0.3 is 0 Å². The summed E-state index contributed by atoms with van der Waals surface area (Å²) in [5, 5.41) is 2.24. The highest BCUT2D eigenvalue weighted by Crippen LogP contribution is 2.20. The van der Waals surface area contributed by atoms with E-state index in [1.54, 1.807) is 12.1 Å². The molecule has 1 atom stereocenters. The highest BCUT2D eigenvalue weighted by atomic mass is 32.2. The van der Waals surface area contributed by atoms with E-state index in [1.165, 1.54) is 11.3 Å². The molecule has 108 valence electrons. The number of hydrogen-bond donors (Lipinski definition) is 2. The Morgan fingerprint density at radius 1 is 1.50 bits per heavy atom. The zero-order valence-electron chi connectivity index (χ0n) is 10.9. The monoisotopic (exact) mass is 312 g/mol. The largest absolute Gasteiger partial charge is 0.350 e. The lowest BCUT2D eigenvalue weighted by Gasteiger charge is -2.09. The first-order chi connectivity index (χ1) is 9.53. The lowest BCUT2D eigenvalue weighted by molar-refractivity contribution is 0.0957. The van der Waals surface area contributed by atoms with Crippen LogP contribution < -0.4 is 11.1 Å². The van der Waals surface area contributed by atoms with E-state index in [1.807, 2.05) is 0 Å². The van der Waals surface area contributed by atoms with Gasteiger partial charge in [-0.3, -0.25) is 4.79 Å². The average molecular weight is 312 g/mol. The van der Waals surface area contributed by atoms with Crippen molar-refractivity contribution in [3.8, 4) is 11.8 Å². The highest BCUT2D eigenvalue weighted by molar-refractivity contribution is 7.92. The van der Waals surface area contributed by atoms with Gasteiger partial charge in [0.25, 0.3) is 5.91 Å². The molecule has 1 aromatic rings. The number of nitrogens with one attached hydrogen (secondary N) is 1. The second kappa shape index (κ2) is 6.39. The number of carbonyl (C=O) groups is 1. The molecule has 1 aliphatic heterocycles. The van der Waals surface area contributed by atoms with Crippen molar-refractivity contribution in [1.82, 2.24) is 5.32 Å². The Balaban J connectivity index is 1.94. The Labute approximate surface area is 122 Å². The second-order valence-corrected chi connectivity index (χ2v) is 8.00. The molecule has 2 rings (SSSR count). The summed E-state index contributed by atoms with van der Waals surface area (Å²) in [6.07, 6.45) is 1.31. The number of carbonyl (C=O) groups excluding carboxylic acids is 1. The number of amides is 1. The Morgan fingerprint density at radius 2 is 2.30 bits per heavy atom. The summed E-state index contributed by atoms with van der Waals surface area (Å²) in [6.45, 7) is 0.460. The van der Waals surface area contributed by atoms with E-state index in [9.17, 15) is 13.2 Å². The van der Waals surface area contributed by atoms with Crippen molar-refractivity contribution in [2.24, 2.45) is 5.73 Å². The molecule has 20 heavy (non-hydrogen) atoms. The van der Waals surface area contributed by atoms with Gasteiger partial charge in [-0.25, -0.2) is 8.42 Å². The van der Waals surface area contributed by atoms with Crippen molar-refractivity contribution in [2.45, 2.75) is 18.1 Å². The van der Waals surface area contributed by atoms with Gasteiger partial charge in [-0.2, -0.15) is 0 Å². The van der Waals surface area contributed by atoms with E-state index < -0.39 is 15.1 Å². The molecule has 1 aliphatic rings. The Bertz CT molecular complexity index is 653. The van der Waals surface area contributed by atoms with Crippen LogP contribution in [-0.2, 0) is 9.84 Å². The van der Waals surface area contributed by atoms with Crippen LogP contribution in [0.15, 0.2) is 12.1 Å². The highest BCUT2D eigenvalue weighted by Gasteiger charge is 2.31. The maximum Gasteiger partial charge on any atom is 0.261 e. The van der Waals surface area contributed by atoms with Crippen LogP contribution in [0.25, 0.3) is 0 Å². The van der Waals surface area contributed by atoms with Crippen LogP contribution in [0, 0.1) is 11.8 Å². The van der Waals surface area contributed by atoms with Crippen molar-refractivity contribution in [1.29, 1.82) is 0 Å². The molecule has 2 heterocycles. The van der Waals surface area contributed by atoms with Gasteiger partial charge in [-0.15, -0.1) is 11.3 Å². The number of thiophene rings is 1. The molecule has 0 bridgehead atoms. The summed E-state index contributed by atoms with van der Waals surface area (Å²) < 4.78 is 23.3. The van der Waals surface area contributed by atoms with Gasteiger partial charge in [0.1, 0.15) is 0 Å². The summed E-state index contributed by atoms with van der Waals surface area (Å²) in [4.78, 5) is 13.2. The van der Waals surface area contributed by atoms with Gasteiger partial charge in [0.05, 0.1) is 27.3 Å². The fourth-order valence-corrected chi connectivity index (χ4v) is 4.61. The smallest absolute Gasteiger partial charge is 0.261 e. The molecule has 0 aromatic carbocycles. The van der Waals surface area contributed by atoms with Gasteiger partial charge in [-0.05, 0) is 25.0 Å². The molecule has 5 nitrogen and oxygen atoms in total. The lowest BCUT2D eigenvalue weighted by Crippen LogP contribution is -2.34. The molecule has 1 aromatic heterocycles. The van der Waals surface area contributed by atoms with Crippen molar-refractivity contribution < 1.29 is 13.2 Å². The minimum Gasteiger partial charge on any atom is -0.350 e. The standard InChI is InChI=1S/C13H16N2O3S2/c14-7-1-3-10-5-6-12(19-10)13(16)15-9-11-4-2-8-20(11,17)18/h5-6,11H,2,4,7-9,14H2,(H,15,16). The molecular weight excluding hydrogens is 296 g/mol. The van der Waals surface area contributed by atoms with E-state index >= 15 is 0 Å². The van der Waals surface area contributed by atoms with Crippen molar-refractivity contribution in [3.05, 3.63) is 21.9 Å². The minimum absolute atomic E-state index is 0.183. The van der Waals surface area contributed by atoms with E-state index in [-0.39, 0.29) is 24.7 Å². The topological polar surface area (TPSA) is 89.3 Å². The summed E-state index contributed by atoms with van der Waals surface area (Å²) >= 11 is 1.27. The first kappa shape index (κ1) is 15.0. The number of hydrogen-bond acceptors (Lipinski definition) is 5. The van der Waals surface area contributed by atoms with Crippen LogP contribution in [0.3, 0.4) is 0 Å². The van der Waals surface area contributed by atoms with Crippen molar-refractivity contribution in [2.75, 3.05) is 18.8 Å². The van der Waals surface area contributed by atoms with Gasteiger partial charge < -0.3 is 11.1 Å². The quantitative estimate of drug-likeness (QED) is 0.789. The van der Waals surface area contributed by atoms with Gasteiger partial charge in [-0.1, -0.05) is 11.8 Å². The van der Waals surface area contributed by atoms with Crippen LogP contribution >= 0.6 is 11.3 Å². The van der Waals surface area contributed by atoms with Crippen LogP contribution in [0.2, 0.25) is 0 Å². The van der Waals surface area contributed by atoms with Crippen molar-refractivity contribution >= 4 is 27.1 Å². The molecule has 3 N–H and O–H groups in total. The number of nitrogens with two attached hydrogens (primary N) is 1. The first-order valence-corrected chi connectivity index (χ1v) is 8.84. The molecule has 1 fully saturated rings. The van der Waals surface area contributed by atoms with Gasteiger partial charge in [0.15, 0.2) is 9.84 Å². The SMILES string of the molecule is NCC#Cc1ccc(C(=O)NCC2CCCS2(=O)=O)s1. The first-order valence-electron chi connectivity index (χ1n) is 6.31. The molecule has 0 spiro atoms. The maximum absolute atomic E-state index is 11.9. The fraction of sp³-hybridized carbons (Fsp3) is 0.462. The van der Waals surface area contributed by atoms with Crippen LogP contribution in [0.5, 0.6) is 0 Å². The minimum atomic E-state index is -3.02. The summed E-state index contributed by atoms with van der Waals surface area (Å²) in [5.41, 5.74) is 5.28. The molecular formula is C13H16N2O3S2. The molecule has 1 amide bonds. The molecule has 1 unspecified atom stereocenters. The summed E-state index contributed by atoms with van der Waals surface area (Å²) in [7, 11) is -3.02. The second-order valence-electron chi connectivity index (χ2n) is 4.51. The third-order valence-electron chi connectivity index (χ3n) is 3.10.